The number of nitrogens with one attached hydrogen (secondary N) is 5. The Morgan fingerprint density at radius 2 is 1.44 bits per heavy atom. The predicted molar refractivity (Wildman–Crippen MR) is 191 cm³/mol. The number of anilines is 2. The van der Waals surface area contributed by atoms with Crippen LogP contribution < -0.4 is 32.1 Å². The van der Waals surface area contributed by atoms with E-state index in [0.29, 0.717) is 35.2 Å². The van der Waals surface area contributed by atoms with Gasteiger partial charge in [-0.3, -0.25) is 29.0 Å². The van der Waals surface area contributed by atoms with Gasteiger partial charge in [0.15, 0.2) is 0 Å². The third-order valence-electron chi connectivity index (χ3n) is 7.96. The van der Waals surface area contributed by atoms with Crippen LogP contribution in [-0.2, 0) is 35.2 Å². The molecule has 0 aliphatic heterocycles. The highest BCUT2D eigenvalue weighted by Crippen LogP contribution is 2.28. The zero-order chi connectivity index (χ0) is 40.1. The van der Waals surface area contributed by atoms with Gasteiger partial charge in [-0.1, -0.05) is 17.5 Å². The Labute approximate surface area is 310 Å². The summed E-state index contributed by atoms with van der Waals surface area (Å²) in [5.41, 5.74) is 6.57. The number of aromatic amines is 2. The van der Waals surface area contributed by atoms with E-state index in [1.807, 2.05) is 0 Å². The normalized spacial score (nSPS) is 12.4. The van der Waals surface area contributed by atoms with Gasteiger partial charge in [0, 0.05) is 37.6 Å². The van der Waals surface area contributed by atoms with Crippen LogP contribution in [-0.4, -0.2) is 108 Å². The Kier molecular flexibility index (Phi) is 14.9. The monoisotopic (exact) mass is 772 g/mol. The molecular weight excluding hydrogens is 736 g/mol. The molecule has 0 unspecified atom stereocenters. The number of carbonyl (C=O) groups is 7. The fourth-order valence-corrected chi connectivity index (χ4v) is 5.54. The molecule has 0 radical (unpaired) electrons. The molecule has 3 rings (SSSR count). The number of halogens is 1. The van der Waals surface area contributed by atoms with Crippen LogP contribution in [0.1, 0.15) is 54.4 Å². The molecule has 11 N–H and O–H groups in total. The molecule has 0 fully saturated rings. The zero-order valence-electron chi connectivity index (χ0n) is 28.4. The van der Waals surface area contributed by atoms with E-state index in [-0.39, 0.29) is 23.1 Å². The van der Waals surface area contributed by atoms with Crippen molar-refractivity contribution in [3.8, 4) is 12.3 Å². The number of benzene rings is 1. The average Bonchev–Trinajstić information content (AvgIpc) is 3.51. The predicted octanol–water partition coefficient (Wildman–Crippen LogP) is -0.0839. The van der Waals surface area contributed by atoms with Crippen molar-refractivity contribution in [1.82, 2.24) is 30.9 Å². The highest BCUT2D eigenvalue weighted by molar-refractivity contribution is 6.33. The SMILES string of the molecule is C#CCN(CCc1c[nH]c2nc(N)[nH]c(=O)c12)c1ccc(C(=O)N[C@@H](CCC(=O)N[C@@H](CCC(=O)N[C@@H](CCC(=O)O)C(=O)O)C(=O)O)C(=O)O)cc1Cl. The number of terminal acetylenes is 1. The number of nitrogens with zero attached hydrogens (tertiary/aromatic N) is 2. The van der Waals surface area contributed by atoms with Crippen molar-refractivity contribution >= 4 is 75.9 Å². The van der Waals surface area contributed by atoms with E-state index in [9.17, 15) is 53.7 Å². The van der Waals surface area contributed by atoms with Crippen LogP contribution in [0.25, 0.3) is 11.0 Å². The third-order valence-corrected chi connectivity index (χ3v) is 8.27. The van der Waals surface area contributed by atoms with E-state index >= 15 is 0 Å². The van der Waals surface area contributed by atoms with E-state index in [1.165, 1.54) is 18.2 Å². The van der Waals surface area contributed by atoms with Crippen molar-refractivity contribution in [2.75, 3.05) is 23.7 Å². The first-order chi connectivity index (χ1) is 25.5. The standard InChI is InChI=1S/C33H37ClN8O12/c1-2-12-42(13-11-17-15-36-27-26(17)29(48)41-33(35)40-27)22-7-3-16(14-18(22)34)28(47)39-21(32(53)54)5-9-24(44)37-19(30(49)50)4-8-23(43)38-20(31(51)52)6-10-25(45)46/h1,3,7,14-15,19-21H,4-6,8-13H2,(H,37,44)(H,38,43)(H,39,47)(H,45,46)(H,49,50)(H,51,52)(H,53,54)(H4,35,36,40,41,48)/t19-,20-,21-/m0/s1. The topological polar surface area (TPSA) is 327 Å². The lowest BCUT2D eigenvalue weighted by Crippen LogP contribution is -2.45. The second-order valence-corrected chi connectivity index (χ2v) is 12.2. The van der Waals surface area contributed by atoms with Gasteiger partial charge in [-0.25, -0.2) is 14.4 Å². The average molecular weight is 773 g/mol. The Morgan fingerprint density at radius 3 is 1.96 bits per heavy atom. The summed E-state index contributed by atoms with van der Waals surface area (Å²) < 4.78 is 0. The van der Waals surface area contributed by atoms with E-state index in [0.717, 1.165) is 0 Å². The maximum atomic E-state index is 13.0. The zero-order valence-corrected chi connectivity index (χ0v) is 29.1. The molecule has 3 amide bonds. The minimum absolute atomic E-state index is 0.0238. The second-order valence-electron chi connectivity index (χ2n) is 11.8. The molecule has 3 atom stereocenters. The minimum atomic E-state index is -1.61. The minimum Gasteiger partial charge on any atom is -0.481 e. The molecule has 288 valence electrons. The van der Waals surface area contributed by atoms with Crippen molar-refractivity contribution < 1.29 is 54.0 Å². The van der Waals surface area contributed by atoms with Crippen molar-refractivity contribution in [3.05, 3.63) is 50.9 Å². The first kappa shape index (κ1) is 41.8. The number of fused-ring (bicyclic) bond motifs is 1. The Bertz CT molecular complexity index is 2020. The lowest BCUT2D eigenvalue weighted by Gasteiger charge is -2.24. The molecule has 54 heavy (non-hydrogen) atoms. The number of carboxylic acids is 4. The number of hydrogen-bond donors (Lipinski definition) is 10. The molecule has 3 aromatic rings. The Morgan fingerprint density at radius 1 is 0.889 bits per heavy atom. The Balaban J connectivity index is 1.58. The van der Waals surface area contributed by atoms with Crippen LogP contribution in [0.5, 0.6) is 0 Å². The summed E-state index contributed by atoms with van der Waals surface area (Å²) in [5.74, 6) is -5.96. The molecule has 0 saturated heterocycles. The molecule has 0 spiro atoms. The van der Waals surface area contributed by atoms with Crippen molar-refractivity contribution in [2.45, 2.75) is 63.1 Å². The van der Waals surface area contributed by atoms with Crippen LogP contribution in [0.4, 0.5) is 11.6 Å². The number of carbonyl (C=O) groups excluding carboxylic acids is 3. The van der Waals surface area contributed by atoms with Gasteiger partial charge in [0.05, 0.1) is 22.6 Å². The molecule has 21 heteroatoms. The first-order valence-electron chi connectivity index (χ1n) is 16.1. The van der Waals surface area contributed by atoms with Gasteiger partial charge < -0.3 is 52.0 Å². The quantitative estimate of drug-likeness (QED) is 0.0633. The van der Waals surface area contributed by atoms with Crippen LogP contribution in [0.15, 0.2) is 29.2 Å². The van der Waals surface area contributed by atoms with E-state index in [1.54, 1.807) is 11.1 Å². The van der Waals surface area contributed by atoms with Crippen LogP contribution in [0, 0.1) is 12.3 Å². The Hall–Kier alpha value is -6.62. The molecule has 0 aliphatic rings. The van der Waals surface area contributed by atoms with E-state index in [2.05, 4.69) is 36.8 Å². The third kappa shape index (κ3) is 12.0. The number of hydrogen-bond acceptors (Lipinski definition) is 11. The molecule has 20 nitrogen and oxygen atoms in total. The molecule has 2 heterocycles. The highest BCUT2D eigenvalue weighted by atomic mass is 35.5. The van der Waals surface area contributed by atoms with Gasteiger partial charge in [-0.15, -0.1) is 6.42 Å². The van der Waals surface area contributed by atoms with Gasteiger partial charge in [0.25, 0.3) is 11.5 Å². The fraction of sp³-hybridized carbons (Fsp3) is 0.364. The van der Waals surface area contributed by atoms with E-state index < -0.39 is 104 Å². The summed E-state index contributed by atoms with van der Waals surface area (Å²) in [6.45, 7) is 0.402. The highest BCUT2D eigenvalue weighted by Gasteiger charge is 2.27. The number of aromatic nitrogens is 3. The van der Waals surface area contributed by atoms with Crippen LogP contribution >= 0.6 is 11.6 Å². The van der Waals surface area contributed by atoms with E-state index in [4.69, 9.17) is 28.9 Å². The summed E-state index contributed by atoms with van der Waals surface area (Å²) in [7, 11) is 0. The number of aliphatic carboxylic acids is 4. The summed E-state index contributed by atoms with van der Waals surface area (Å²) in [6, 6.07) is -0.541. The lowest BCUT2D eigenvalue weighted by molar-refractivity contribution is -0.144. The summed E-state index contributed by atoms with van der Waals surface area (Å²) >= 11 is 6.52. The number of nitrogen functional groups attached to an aromatic ring is 1. The maximum absolute atomic E-state index is 13.0. The summed E-state index contributed by atoms with van der Waals surface area (Å²) in [5, 5.41) is 44.1. The van der Waals surface area contributed by atoms with Gasteiger partial charge in [0.2, 0.25) is 17.8 Å². The maximum Gasteiger partial charge on any atom is 0.326 e. The lowest BCUT2D eigenvalue weighted by atomic mass is 10.1. The fourth-order valence-electron chi connectivity index (χ4n) is 5.24. The number of carboxylic acid groups (broad SMARTS) is 4. The number of nitrogens with two attached hydrogens (primary N) is 1. The van der Waals surface area contributed by atoms with Crippen molar-refractivity contribution in [3.63, 3.8) is 0 Å². The summed E-state index contributed by atoms with van der Waals surface area (Å²) in [6.07, 6.45) is 4.58. The molecule has 2 aromatic heterocycles. The molecular formula is C33H37ClN8O12. The molecule has 0 aliphatic carbocycles. The molecule has 0 saturated carbocycles. The van der Waals surface area contributed by atoms with Crippen LogP contribution in [0.2, 0.25) is 5.02 Å². The van der Waals surface area contributed by atoms with Crippen molar-refractivity contribution in [2.24, 2.45) is 0 Å². The first-order valence-corrected chi connectivity index (χ1v) is 16.5. The van der Waals surface area contributed by atoms with Gasteiger partial charge >= 0.3 is 23.9 Å². The molecule has 0 bridgehead atoms. The number of rotatable bonds is 21. The number of H-pyrrole nitrogens is 2. The smallest absolute Gasteiger partial charge is 0.326 e. The van der Waals surface area contributed by atoms with Gasteiger partial charge in [-0.05, 0) is 49.4 Å². The second kappa shape index (κ2) is 19.3. The molecule has 1 aromatic carbocycles. The largest absolute Gasteiger partial charge is 0.481 e. The summed E-state index contributed by atoms with van der Waals surface area (Å²) in [4.78, 5) is 107. The van der Waals surface area contributed by atoms with Crippen molar-refractivity contribution in [1.29, 1.82) is 0 Å². The van der Waals surface area contributed by atoms with Crippen LogP contribution in [0.3, 0.4) is 0 Å². The number of amides is 3. The van der Waals surface area contributed by atoms with Gasteiger partial charge in [-0.2, -0.15) is 4.98 Å². The van der Waals surface area contributed by atoms with Gasteiger partial charge in [0.1, 0.15) is 23.8 Å².